The number of hydrogen-bond acceptors (Lipinski definition) is 4. The van der Waals surface area contributed by atoms with E-state index in [-0.39, 0.29) is 23.2 Å². The summed E-state index contributed by atoms with van der Waals surface area (Å²) in [6.45, 7) is 13.9. The topological polar surface area (TPSA) is 38.8 Å². The number of nitrogens with zero attached hydrogens (tertiary/aromatic N) is 1. The van der Waals surface area contributed by atoms with Gasteiger partial charge in [-0.1, -0.05) is 43.0 Å². The molecule has 0 aromatic heterocycles. The predicted molar refractivity (Wildman–Crippen MR) is 100 cm³/mol. The molecule has 1 heterocycles. The van der Waals surface area contributed by atoms with E-state index in [4.69, 9.17) is 9.57 Å². The number of esters is 1. The summed E-state index contributed by atoms with van der Waals surface area (Å²) in [7, 11) is 0. The summed E-state index contributed by atoms with van der Waals surface area (Å²) < 4.78 is 5.46. The maximum atomic E-state index is 11.3. The van der Waals surface area contributed by atoms with Crippen molar-refractivity contribution < 1.29 is 14.4 Å². The molecule has 136 valence electrons. The van der Waals surface area contributed by atoms with Crippen LogP contribution in [0.25, 0.3) is 6.08 Å². The Balaban J connectivity index is 2.08. The maximum Gasteiger partial charge on any atom is 0.302 e. The van der Waals surface area contributed by atoms with Crippen LogP contribution in [0.1, 0.15) is 53.0 Å². The van der Waals surface area contributed by atoms with E-state index in [1.807, 2.05) is 47.5 Å². The van der Waals surface area contributed by atoms with Crippen LogP contribution in [0.15, 0.2) is 48.7 Å². The molecule has 0 atom stereocenters. The zero-order valence-corrected chi connectivity index (χ0v) is 15.9. The van der Waals surface area contributed by atoms with Crippen LogP contribution in [0.4, 0.5) is 0 Å². The lowest BCUT2D eigenvalue weighted by molar-refractivity contribution is -0.268. The van der Waals surface area contributed by atoms with Crippen LogP contribution in [0.3, 0.4) is 0 Å². The van der Waals surface area contributed by atoms with Gasteiger partial charge in [0.15, 0.2) is 0 Å². The van der Waals surface area contributed by atoms with Crippen LogP contribution in [0.2, 0.25) is 0 Å². The Kier molecular flexibility index (Phi) is 5.73. The van der Waals surface area contributed by atoms with E-state index in [1.54, 1.807) is 0 Å². The van der Waals surface area contributed by atoms with Crippen molar-refractivity contribution in [3.05, 3.63) is 54.3 Å². The molecular weight excluding hydrogens is 314 g/mol. The normalized spacial score (nSPS) is 20.4. The maximum absolute atomic E-state index is 11.3. The van der Waals surface area contributed by atoms with E-state index in [1.165, 1.54) is 6.92 Å². The number of hydroxylamine groups is 2. The third-order valence-corrected chi connectivity index (χ3v) is 4.36. The minimum absolute atomic E-state index is 0.101. The van der Waals surface area contributed by atoms with Crippen LogP contribution < -0.4 is 0 Å². The number of ether oxygens (including phenoxy) is 1. The van der Waals surface area contributed by atoms with E-state index in [0.717, 1.165) is 5.56 Å². The summed E-state index contributed by atoms with van der Waals surface area (Å²) in [5.74, 6) is 0.345. The number of rotatable bonds is 5. The summed E-state index contributed by atoms with van der Waals surface area (Å²) in [5, 5.41) is 1.98. The van der Waals surface area contributed by atoms with Gasteiger partial charge in [-0.25, -0.2) is 0 Å². The van der Waals surface area contributed by atoms with Crippen molar-refractivity contribution in [3.63, 3.8) is 0 Å². The first-order valence-corrected chi connectivity index (χ1v) is 8.68. The van der Waals surface area contributed by atoms with Crippen molar-refractivity contribution in [2.24, 2.45) is 0 Å². The zero-order valence-electron chi connectivity index (χ0n) is 15.9. The van der Waals surface area contributed by atoms with Crippen LogP contribution in [0.5, 0.6) is 0 Å². The monoisotopic (exact) mass is 343 g/mol. The second-order valence-electron chi connectivity index (χ2n) is 7.86. The Bertz CT molecular complexity index is 628. The number of hydrogen-bond donors (Lipinski definition) is 0. The molecule has 1 saturated heterocycles. The smallest absolute Gasteiger partial charge is 0.302 e. The first-order valence-electron chi connectivity index (χ1n) is 8.68. The summed E-state index contributed by atoms with van der Waals surface area (Å²) in [4.78, 5) is 17.4. The van der Waals surface area contributed by atoms with E-state index >= 15 is 0 Å². The fourth-order valence-corrected chi connectivity index (χ4v) is 3.64. The predicted octanol–water partition coefficient (Wildman–Crippen LogP) is 4.73. The fraction of sp³-hybridized carbons (Fsp3) is 0.476. The number of carbonyl (C=O) groups is 1. The molecule has 0 amide bonds. The van der Waals surface area contributed by atoms with Gasteiger partial charge in [0.2, 0.25) is 0 Å². The van der Waals surface area contributed by atoms with E-state index in [9.17, 15) is 4.79 Å². The number of benzene rings is 1. The van der Waals surface area contributed by atoms with Crippen molar-refractivity contribution in [2.75, 3.05) is 0 Å². The minimum Gasteiger partial charge on any atom is -0.462 e. The molecule has 4 heteroatoms. The largest absolute Gasteiger partial charge is 0.462 e. The van der Waals surface area contributed by atoms with Crippen LogP contribution in [0, 0.1) is 0 Å². The molecule has 0 radical (unpaired) electrons. The molecule has 0 unspecified atom stereocenters. The molecule has 0 aliphatic carbocycles. The van der Waals surface area contributed by atoms with Gasteiger partial charge in [-0.15, -0.1) is 5.06 Å². The lowest BCUT2D eigenvalue weighted by Crippen LogP contribution is -2.61. The molecule has 0 saturated carbocycles. The Labute approximate surface area is 151 Å². The van der Waals surface area contributed by atoms with Crippen molar-refractivity contribution in [2.45, 2.75) is 64.6 Å². The molecular formula is C21H29NO3. The minimum atomic E-state index is -0.286. The number of piperidine rings is 1. The average Bonchev–Trinajstić information content (AvgIpc) is 2.48. The standard InChI is InChI=1S/C21H29NO3/c1-16(12-13-18-10-8-7-9-11-18)25-22-20(3,4)14-19(24-17(2)23)15-21(22,5)6/h7-13,19H,1,14-15H2,2-6H3/b13-12+. The first-order chi connectivity index (χ1) is 11.6. The van der Waals surface area contributed by atoms with Crippen LogP contribution in [-0.2, 0) is 14.4 Å². The van der Waals surface area contributed by atoms with Gasteiger partial charge in [0.1, 0.15) is 11.9 Å². The van der Waals surface area contributed by atoms with Crippen LogP contribution in [-0.4, -0.2) is 28.2 Å². The van der Waals surface area contributed by atoms with Gasteiger partial charge in [0.25, 0.3) is 0 Å². The molecule has 1 fully saturated rings. The van der Waals surface area contributed by atoms with E-state index < -0.39 is 0 Å². The summed E-state index contributed by atoms with van der Waals surface area (Å²) in [6, 6.07) is 10.0. The number of allylic oxidation sites excluding steroid dienone is 1. The molecule has 2 rings (SSSR count). The molecule has 4 nitrogen and oxygen atoms in total. The highest BCUT2D eigenvalue weighted by Crippen LogP contribution is 2.40. The number of carbonyl (C=O) groups excluding carboxylic acids is 1. The Morgan fingerprint density at radius 1 is 1.16 bits per heavy atom. The van der Waals surface area contributed by atoms with Gasteiger partial charge in [-0.05, 0) is 39.3 Å². The third-order valence-electron chi connectivity index (χ3n) is 4.36. The van der Waals surface area contributed by atoms with Gasteiger partial charge in [0.05, 0.1) is 11.1 Å². The highest BCUT2D eigenvalue weighted by atomic mass is 16.7. The Morgan fingerprint density at radius 2 is 1.72 bits per heavy atom. The Morgan fingerprint density at radius 3 is 2.24 bits per heavy atom. The molecule has 25 heavy (non-hydrogen) atoms. The SMILES string of the molecule is C=C(/C=C/c1ccccc1)ON1C(C)(C)CC(OC(C)=O)CC1(C)C. The highest BCUT2D eigenvalue weighted by molar-refractivity contribution is 5.66. The molecule has 1 aromatic rings. The zero-order chi connectivity index (χ0) is 18.7. The van der Waals surface area contributed by atoms with E-state index in [2.05, 4.69) is 34.3 Å². The second-order valence-corrected chi connectivity index (χ2v) is 7.86. The van der Waals surface area contributed by atoms with Crippen molar-refractivity contribution in [1.29, 1.82) is 0 Å². The van der Waals surface area contributed by atoms with Gasteiger partial charge in [0, 0.05) is 19.8 Å². The summed E-state index contributed by atoms with van der Waals surface area (Å²) >= 11 is 0. The first kappa shape index (κ1) is 19.3. The summed E-state index contributed by atoms with van der Waals surface area (Å²) in [6.07, 6.45) is 5.18. The van der Waals surface area contributed by atoms with Crippen molar-refractivity contribution in [3.8, 4) is 0 Å². The quantitative estimate of drug-likeness (QED) is 0.440. The molecule has 0 bridgehead atoms. The van der Waals surface area contributed by atoms with Gasteiger partial charge in [-0.3, -0.25) is 4.79 Å². The van der Waals surface area contributed by atoms with Gasteiger partial charge >= 0.3 is 5.97 Å². The molecule has 1 aliphatic heterocycles. The lowest BCUT2D eigenvalue weighted by Gasteiger charge is -2.52. The molecule has 0 N–H and O–H groups in total. The lowest BCUT2D eigenvalue weighted by atomic mass is 9.80. The molecule has 0 spiro atoms. The average molecular weight is 343 g/mol. The molecule has 1 aromatic carbocycles. The highest BCUT2D eigenvalue weighted by Gasteiger charge is 2.48. The van der Waals surface area contributed by atoms with Crippen molar-refractivity contribution >= 4 is 12.0 Å². The summed E-state index contributed by atoms with van der Waals surface area (Å²) in [5.41, 5.74) is 0.524. The van der Waals surface area contributed by atoms with Gasteiger partial charge < -0.3 is 9.57 Å². The van der Waals surface area contributed by atoms with Crippen LogP contribution >= 0.6 is 0 Å². The fourth-order valence-electron chi connectivity index (χ4n) is 3.64. The van der Waals surface area contributed by atoms with E-state index in [0.29, 0.717) is 18.6 Å². The van der Waals surface area contributed by atoms with Gasteiger partial charge in [-0.2, -0.15) is 0 Å². The third kappa shape index (κ3) is 5.20. The Hall–Kier alpha value is -2.07. The van der Waals surface area contributed by atoms with Crippen molar-refractivity contribution in [1.82, 2.24) is 5.06 Å². The second kappa shape index (κ2) is 7.44. The molecule has 1 aliphatic rings.